The first-order chi connectivity index (χ1) is 15.6. The average molecular weight is 449 g/mol. The summed E-state index contributed by atoms with van der Waals surface area (Å²) in [5.41, 5.74) is 2.96. The average Bonchev–Trinajstić information content (AvgIpc) is 3.15. The number of halogens is 1. The van der Waals surface area contributed by atoms with Gasteiger partial charge in [0, 0.05) is 18.7 Å². The third-order valence-corrected chi connectivity index (χ3v) is 5.66. The highest BCUT2D eigenvalue weighted by atomic mass is 35.5. The van der Waals surface area contributed by atoms with Crippen LogP contribution >= 0.6 is 11.6 Å². The number of nitrogens with zero attached hydrogens (tertiary/aromatic N) is 5. The van der Waals surface area contributed by atoms with Crippen molar-refractivity contribution in [3.05, 3.63) is 71.0 Å². The van der Waals surface area contributed by atoms with Crippen molar-refractivity contribution in [2.75, 3.05) is 36.5 Å². The SMILES string of the molecule is Cc1nc2ccc(-c3ccccc3Cl)nn2c1C(=O)Nc1cccc(N2CCOCC2)n1. The quantitative estimate of drug-likeness (QED) is 0.510. The molecule has 1 aliphatic heterocycles. The van der Waals surface area contributed by atoms with Gasteiger partial charge in [-0.3, -0.25) is 4.79 Å². The van der Waals surface area contributed by atoms with E-state index in [1.807, 2.05) is 48.5 Å². The van der Waals surface area contributed by atoms with E-state index < -0.39 is 0 Å². The van der Waals surface area contributed by atoms with Gasteiger partial charge in [-0.25, -0.2) is 14.5 Å². The number of pyridine rings is 1. The van der Waals surface area contributed by atoms with Gasteiger partial charge in [-0.05, 0) is 37.3 Å². The van der Waals surface area contributed by atoms with E-state index in [9.17, 15) is 4.79 Å². The number of benzene rings is 1. The molecule has 8 nitrogen and oxygen atoms in total. The van der Waals surface area contributed by atoms with Gasteiger partial charge in [-0.2, -0.15) is 5.10 Å². The summed E-state index contributed by atoms with van der Waals surface area (Å²) < 4.78 is 6.95. The van der Waals surface area contributed by atoms with E-state index in [0.717, 1.165) is 24.5 Å². The molecule has 1 saturated heterocycles. The van der Waals surface area contributed by atoms with Crippen molar-refractivity contribution in [3.8, 4) is 11.3 Å². The number of fused-ring (bicyclic) bond motifs is 1. The number of imidazole rings is 1. The maximum Gasteiger partial charge on any atom is 0.277 e. The molecule has 0 radical (unpaired) electrons. The smallest absolute Gasteiger partial charge is 0.277 e. The molecule has 1 fully saturated rings. The number of carbonyl (C=O) groups is 1. The first kappa shape index (κ1) is 20.4. The van der Waals surface area contributed by atoms with Gasteiger partial charge in [0.15, 0.2) is 11.3 Å². The van der Waals surface area contributed by atoms with Gasteiger partial charge >= 0.3 is 0 Å². The Bertz CT molecular complexity index is 1300. The van der Waals surface area contributed by atoms with Crippen LogP contribution in [0.15, 0.2) is 54.6 Å². The summed E-state index contributed by atoms with van der Waals surface area (Å²) in [5, 5.41) is 8.13. The summed E-state index contributed by atoms with van der Waals surface area (Å²) in [6.45, 7) is 4.66. The van der Waals surface area contributed by atoms with Crippen LogP contribution in [0, 0.1) is 6.92 Å². The Hall–Kier alpha value is -3.49. The number of nitrogens with one attached hydrogen (secondary N) is 1. The molecule has 5 rings (SSSR count). The van der Waals surface area contributed by atoms with Gasteiger partial charge in [0.2, 0.25) is 0 Å². The van der Waals surface area contributed by atoms with Crippen LogP contribution in [0.4, 0.5) is 11.6 Å². The van der Waals surface area contributed by atoms with Crippen LogP contribution in [-0.4, -0.2) is 51.8 Å². The molecule has 0 atom stereocenters. The zero-order valence-corrected chi connectivity index (χ0v) is 18.2. The molecule has 0 saturated carbocycles. The van der Waals surface area contributed by atoms with Crippen molar-refractivity contribution in [1.82, 2.24) is 19.6 Å². The maximum absolute atomic E-state index is 13.2. The van der Waals surface area contributed by atoms with Crippen LogP contribution in [0.25, 0.3) is 16.9 Å². The summed E-state index contributed by atoms with van der Waals surface area (Å²) in [6, 6.07) is 16.7. The summed E-state index contributed by atoms with van der Waals surface area (Å²) in [4.78, 5) is 24.4. The highest BCUT2D eigenvalue weighted by Gasteiger charge is 2.20. The standard InChI is InChI=1S/C23H21ClN6O2/c1-15-22(23(31)27-19-7-4-8-20(26-19)29-11-13-32-14-12-29)30-21(25-15)10-9-18(28-30)16-5-2-3-6-17(16)24/h2-10H,11-14H2,1H3,(H,26,27,31). The number of carbonyl (C=O) groups excluding carboxylic acids is 1. The Morgan fingerprint density at radius 3 is 2.66 bits per heavy atom. The molecule has 32 heavy (non-hydrogen) atoms. The van der Waals surface area contributed by atoms with Crippen molar-refractivity contribution in [3.63, 3.8) is 0 Å². The number of aryl methyl sites for hydroxylation is 1. The molecule has 1 amide bonds. The van der Waals surface area contributed by atoms with E-state index in [2.05, 4.69) is 25.3 Å². The number of hydrogen-bond acceptors (Lipinski definition) is 6. The summed E-state index contributed by atoms with van der Waals surface area (Å²) in [6.07, 6.45) is 0. The number of morpholine rings is 1. The Morgan fingerprint density at radius 1 is 1.03 bits per heavy atom. The second-order valence-corrected chi connectivity index (χ2v) is 7.86. The fourth-order valence-electron chi connectivity index (χ4n) is 3.75. The Kier molecular flexibility index (Phi) is 5.46. The topological polar surface area (TPSA) is 84.7 Å². The molecule has 4 aromatic rings. The minimum absolute atomic E-state index is 0.328. The van der Waals surface area contributed by atoms with E-state index in [1.54, 1.807) is 17.5 Å². The number of rotatable bonds is 4. The molecule has 0 unspecified atom stereocenters. The second kappa shape index (κ2) is 8.57. The van der Waals surface area contributed by atoms with Crippen molar-refractivity contribution >= 4 is 34.8 Å². The Morgan fingerprint density at radius 2 is 1.84 bits per heavy atom. The third-order valence-electron chi connectivity index (χ3n) is 5.33. The monoisotopic (exact) mass is 448 g/mol. The lowest BCUT2D eigenvalue weighted by Gasteiger charge is -2.28. The molecule has 1 N–H and O–H groups in total. The minimum atomic E-state index is -0.328. The number of aromatic nitrogens is 4. The molecule has 3 aromatic heterocycles. The van der Waals surface area contributed by atoms with Gasteiger partial charge in [0.05, 0.1) is 29.6 Å². The van der Waals surface area contributed by atoms with Crippen molar-refractivity contribution in [2.24, 2.45) is 0 Å². The molecule has 0 aliphatic carbocycles. The molecule has 0 spiro atoms. The first-order valence-electron chi connectivity index (χ1n) is 10.3. The van der Waals surface area contributed by atoms with E-state index in [0.29, 0.717) is 46.8 Å². The molecular formula is C23H21ClN6O2. The zero-order chi connectivity index (χ0) is 22.1. The van der Waals surface area contributed by atoms with Crippen LogP contribution in [0.3, 0.4) is 0 Å². The lowest BCUT2D eigenvalue weighted by molar-refractivity contribution is 0.101. The maximum atomic E-state index is 13.2. The number of anilines is 2. The predicted molar refractivity (Wildman–Crippen MR) is 123 cm³/mol. The number of hydrogen-bond donors (Lipinski definition) is 1. The lowest BCUT2D eigenvalue weighted by atomic mass is 10.1. The van der Waals surface area contributed by atoms with Crippen LogP contribution in [0.2, 0.25) is 5.02 Å². The van der Waals surface area contributed by atoms with Gasteiger partial charge in [0.25, 0.3) is 5.91 Å². The molecule has 1 aliphatic rings. The molecule has 162 valence electrons. The van der Waals surface area contributed by atoms with Gasteiger partial charge in [0.1, 0.15) is 11.6 Å². The highest BCUT2D eigenvalue weighted by molar-refractivity contribution is 6.33. The van der Waals surface area contributed by atoms with Crippen molar-refractivity contribution in [1.29, 1.82) is 0 Å². The second-order valence-electron chi connectivity index (χ2n) is 7.45. The van der Waals surface area contributed by atoms with Gasteiger partial charge in [-0.15, -0.1) is 0 Å². The molecule has 4 heterocycles. The summed E-state index contributed by atoms with van der Waals surface area (Å²) in [7, 11) is 0. The Balaban J connectivity index is 1.46. The van der Waals surface area contributed by atoms with E-state index in [1.165, 1.54) is 0 Å². The van der Waals surface area contributed by atoms with Gasteiger partial charge < -0.3 is 15.0 Å². The minimum Gasteiger partial charge on any atom is -0.378 e. The Labute approximate surface area is 189 Å². The predicted octanol–water partition coefficient (Wildman–Crippen LogP) is 3.84. The van der Waals surface area contributed by atoms with Crippen LogP contribution in [0.1, 0.15) is 16.2 Å². The highest BCUT2D eigenvalue weighted by Crippen LogP contribution is 2.26. The summed E-state index contributed by atoms with van der Waals surface area (Å²) in [5.74, 6) is 0.945. The van der Waals surface area contributed by atoms with Crippen LogP contribution in [0.5, 0.6) is 0 Å². The number of ether oxygens (including phenoxy) is 1. The molecule has 1 aromatic carbocycles. The van der Waals surface area contributed by atoms with E-state index in [-0.39, 0.29) is 5.91 Å². The third kappa shape index (κ3) is 3.90. The van der Waals surface area contributed by atoms with Crippen LogP contribution < -0.4 is 10.2 Å². The fourth-order valence-corrected chi connectivity index (χ4v) is 3.99. The largest absolute Gasteiger partial charge is 0.378 e. The van der Waals surface area contributed by atoms with Gasteiger partial charge in [-0.1, -0.05) is 35.9 Å². The van der Waals surface area contributed by atoms with Crippen molar-refractivity contribution < 1.29 is 9.53 Å². The normalized spacial score (nSPS) is 14.0. The lowest BCUT2D eigenvalue weighted by Crippen LogP contribution is -2.36. The zero-order valence-electron chi connectivity index (χ0n) is 17.5. The molecule has 9 heteroatoms. The van der Waals surface area contributed by atoms with E-state index in [4.69, 9.17) is 16.3 Å². The van der Waals surface area contributed by atoms with Crippen molar-refractivity contribution in [2.45, 2.75) is 6.92 Å². The molecular weight excluding hydrogens is 428 g/mol. The van der Waals surface area contributed by atoms with E-state index >= 15 is 0 Å². The summed E-state index contributed by atoms with van der Waals surface area (Å²) >= 11 is 6.34. The molecule has 0 bridgehead atoms. The first-order valence-corrected chi connectivity index (χ1v) is 10.7. The fraction of sp³-hybridized carbons (Fsp3) is 0.217. The van der Waals surface area contributed by atoms with Crippen LogP contribution in [-0.2, 0) is 4.74 Å². The number of amides is 1.